The van der Waals surface area contributed by atoms with Crippen molar-refractivity contribution in [2.24, 2.45) is 0 Å². The lowest BCUT2D eigenvalue weighted by Crippen LogP contribution is -2.16. The molecule has 1 aromatic heterocycles. The maximum absolute atomic E-state index is 13.1. The van der Waals surface area contributed by atoms with Crippen LogP contribution in [0.5, 0.6) is 0 Å². The van der Waals surface area contributed by atoms with E-state index in [1.165, 1.54) is 0 Å². The summed E-state index contributed by atoms with van der Waals surface area (Å²) in [4.78, 5) is 17.5. The minimum absolute atomic E-state index is 0.206. The molecule has 0 bridgehead atoms. The fourth-order valence-electron chi connectivity index (χ4n) is 3.18. The van der Waals surface area contributed by atoms with Gasteiger partial charge in [0, 0.05) is 17.8 Å². The lowest BCUT2D eigenvalue weighted by Gasteiger charge is -2.17. The Labute approximate surface area is 143 Å². The number of pyridine rings is 1. The van der Waals surface area contributed by atoms with Crippen molar-refractivity contribution in [2.45, 2.75) is 26.2 Å². The quantitative estimate of drug-likeness (QED) is 0.686. The van der Waals surface area contributed by atoms with Crippen molar-refractivity contribution in [3.8, 4) is 0 Å². The average molecular weight is 315 g/mol. The van der Waals surface area contributed by atoms with E-state index < -0.39 is 0 Å². The number of carbonyl (C=O) groups excluding carboxylic acids is 1. The first-order valence-electron chi connectivity index (χ1n) is 8.20. The number of Topliss-reactive ketones (excluding diaryl/α,β-unsaturated/α-hetero) is 1. The summed E-state index contributed by atoms with van der Waals surface area (Å²) in [5, 5.41) is 0. The van der Waals surface area contributed by atoms with Crippen molar-refractivity contribution in [1.82, 2.24) is 4.98 Å². The SMILES string of the molecule is Cc1cc(CC(=O)C(c2ccccc2)c2ccccc2)cc(C)n1. The van der Waals surface area contributed by atoms with E-state index in [1.807, 2.05) is 86.6 Å². The summed E-state index contributed by atoms with van der Waals surface area (Å²) < 4.78 is 0. The number of aromatic nitrogens is 1. The van der Waals surface area contributed by atoms with Crippen LogP contribution in [0.4, 0.5) is 0 Å². The van der Waals surface area contributed by atoms with Gasteiger partial charge in [0.1, 0.15) is 5.78 Å². The van der Waals surface area contributed by atoms with Crippen LogP contribution < -0.4 is 0 Å². The molecule has 0 amide bonds. The maximum atomic E-state index is 13.1. The van der Waals surface area contributed by atoms with Gasteiger partial charge >= 0.3 is 0 Å². The highest BCUT2D eigenvalue weighted by molar-refractivity contribution is 5.90. The molecule has 0 aliphatic rings. The Bertz CT molecular complexity index is 765. The predicted octanol–water partition coefficient (Wildman–Crippen LogP) is 4.64. The third kappa shape index (κ3) is 3.77. The number of nitrogens with zero attached hydrogens (tertiary/aromatic N) is 1. The van der Waals surface area contributed by atoms with E-state index in [9.17, 15) is 4.79 Å². The molecule has 0 aliphatic carbocycles. The smallest absolute Gasteiger partial charge is 0.149 e. The molecular formula is C22H21NO. The number of hydrogen-bond donors (Lipinski definition) is 0. The third-order valence-electron chi connectivity index (χ3n) is 4.11. The molecule has 2 heteroatoms. The van der Waals surface area contributed by atoms with Crippen LogP contribution in [-0.2, 0) is 11.2 Å². The number of carbonyl (C=O) groups is 1. The first-order chi connectivity index (χ1) is 11.6. The Morgan fingerprint density at radius 3 is 1.75 bits per heavy atom. The van der Waals surface area contributed by atoms with Gasteiger partial charge in [-0.1, -0.05) is 60.7 Å². The molecule has 0 unspecified atom stereocenters. The highest BCUT2D eigenvalue weighted by atomic mass is 16.1. The zero-order valence-corrected chi connectivity index (χ0v) is 14.1. The van der Waals surface area contributed by atoms with Crippen LogP contribution in [0, 0.1) is 13.8 Å². The molecule has 1 heterocycles. The summed E-state index contributed by atoms with van der Waals surface area (Å²) in [6.45, 7) is 3.93. The van der Waals surface area contributed by atoms with Crippen LogP contribution in [0.3, 0.4) is 0 Å². The fraction of sp³-hybridized carbons (Fsp3) is 0.182. The van der Waals surface area contributed by atoms with Gasteiger partial charge in [-0.05, 0) is 42.7 Å². The van der Waals surface area contributed by atoms with Gasteiger partial charge in [0.05, 0.1) is 5.92 Å². The Morgan fingerprint density at radius 2 is 1.29 bits per heavy atom. The minimum atomic E-state index is -0.235. The summed E-state index contributed by atoms with van der Waals surface area (Å²) in [6, 6.07) is 24.0. The molecule has 3 aromatic rings. The zero-order chi connectivity index (χ0) is 16.9. The molecule has 0 N–H and O–H groups in total. The zero-order valence-electron chi connectivity index (χ0n) is 14.1. The molecule has 0 fully saturated rings. The predicted molar refractivity (Wildman–Crippen MR) is 97.1 cm³/mol. The Morgan fingerprint density at radius 1 is 0.833 bits per heavy atom. The molecule has 0 saturated heterocycles. The molecule has 120 valence electrons. The van der Waals surface area contributed by atoms with Gasteiger partial charge in [-0.3, -0.25) is 9.78 Å². The summed E-state index contributed by atoms with van der Waals surface area (Å²) in [7, 11) is 0. The van der Waals surface area contributed by atoms with Gasteiger partial charge in [-0.15, -0.1) is 0 Å². The van der Waals surface area contributed by atoms with Crippen LogP contribution in [-0.4, -0.2) is 10.8 Å². The molecule has 0 radical (unpaired) electrons. The molecule has 0 atom stereocenters. The van der Waals surface area contributed by atoms with E-state index in [0.717, 1.165) is 28.1 Å². The van der Waals surface area contributed by atoms with Crippen LogP contribution in [0.2, 0.25) is 0 Å². The van der Waals surface area contributed by atoms with Crippen molar-refractivity contribution in [3.63, 3.8) is 0 Å². The second-order valence-electron chi connectivity index (χ2n) is 6.16. The third-order valence-corrected chi connectivity index (χ3v) is 4.11. The molecule has 2 aromatic carbocycles. The van der Waals surface area contributed by atoms with E-state index in [4.69, 9.17) is 0 Å². The van der Waals surface area contributed by atoms with Crippen LogP contribution >= 0.6 is 0 Å². The summed E-state index contributed by atoms with van der Waals surface area (Å²) in [5.41, 5.74) is 5.01. The van der Waals surface area contributed by atoms with Crippen LogP contribution in [0.1, 0.15) is 34.0 Å². The molecule has 24 heavy (non-hydrogen) atoms. The van der Waals surface area contributed by atoms with E-state index in [2.05, 4.69) is 4.98 Å². The number of hydrogen-bond acceptors (Lipinski definition) is 2. The number of ketones is 1. The normalized spacial score (nSPS) is 10.8. The molecule has 0 saturated carbocycles. The Kier molecular flexibility index (Phi) is 4.85. The van der Waals surface area contributed by atoms with Crippen molar-refractivity contribution in [2.75, 3.05) is 0 Å². The molecule has 2 nitrogen and oxygen atoms in total. The number of rotatable bonds is 5. The van der Waals surface area contributed by atoms with Gasteiger partial charge in [-0.25, -0.2) is 0 Å². The lowest BCUT2D eigenvalue weighted by molar-refractivity contribution is -0.119. The lowest BCUT2D eigenvalue weighted by atomic mass is 9.85. The molecular weight excluding hydrogens is 294 g/mol. The largest absolute Gasteiger partial charge is 0.298 e. The van der Waals surface area contributed by atoms with Gasteiger partial charge in [-0.2, -0.15) is 0 Å². The highest BCUT2D eigenvalue weighted by Gasteiger charge is 2.22. The van der Waals surface area contributed by atoms with Gasteiger partial charge in [0.2, 0.25) is 0 Å². The number of benzene rings is 2. The molecule has 3 rings (SSSR count). The van der Waals surface area contributed by atoms with Crippen molar-refractivity contribution < 1.29 is 4.79 Å². The Hall–Kier alpha value is -2.74. The highest BCUT2D eigenvalue weighted by Crippen LogP contribution is 2.27. The van der Waals surface area contributed by atoms with Crippen LogP contribution in [0.15, 0.2) is 72.8 Å². The Balaban J connectivity index is 1.95. The van der Waals surface area contributed by atoms with Gasteiger partial charge in [0.25, 0.3) is 0 Å². The second-order valence-corrected chi connectivity index (χ2v) is 6.16. The summed E-state index contributed by atoms with van der Waals surface area (Å²) in [6.07, 6.45) is 0.415. The van der Waals surface area contributed by atoms with Crippen molar-refractivity contribution in [3.05, 3.63) is 101 Å². The van der Waals surface area contributed by atoms with E-state index in [-0.39, 0.29) is 11.7 Å². The topological polar surface area (TPSA) is 30.0 Å². The average Bonchev–Trinajstić information content (AvgIpc) is 2.56. The van der Waals surface area contributed by atoms with Crippen molar-refractivity contribution >= 4 is 5.78 Å². The standard InChI is InChI=1S/C22H21NO/c1-16-13-18(14-17(2)23-16)15-21(24)22(19-9-5-3-6-10-19)20-11-7-4-8-12-20/h3-14,22H,15H2,1-2H3. The first kappa shape index (κ1) is 16.1. The van der Waals surface area contributed by atoms with Gasteiger partial charge in [0.15, 0.2) is 0 Å². The second kappa shape index (κ2) is 7.22. The summed E-state index contributed by atoms with van der Waals surface area (Å²) >= 11 is 0. The summed E-state index contributed by atoms with van der Waals surface area (Å²) in [5.74, 6) is -0.0291. The number of aryl methyl sites for hydroxylation is 2. The fourth-order valence-corrected chi connectivity index (χ4v) is 3.18. The molecule has 0 spiro atoms. The van der Waals surface area contributed by atoms with E-state index in [1.54, 1.807) is 0 Å². The minimum Gasteiger partial charge on any atom is -0.298 e. The maximum Gasteiger partial charge on any atom is 0.149 e. The van der Waals surface area contributed by atoms with Gasteiger partial charge < -0.3 is 0 Å². The van der Waals surface area contributed by atoms with Crippen LogP contribution in [0.25, 0.3) is 0 Å². The molecule has 0 aliphatic heterocycles. The van der Waals surface area contributed by atoms with E-state index >= 15 is 0 Å². The first-order valence-corrected chi connectivity index (χ1v) is 8.20. The van der Waals surface area contributed by atoms with E-state index in [0.29, 0.717) is 6.42 Å². The van der Waals surface area contributed by atoms with Crippen molar-refractivity contribution in [1.29, 1.82) is 0 Å². The monoisotopic (exact) mass is 315 g/mol.